The van der Waals surface area contributed by atoms with E-state index in [1.165, 1.54) is 6.07 Å². The van der Waals surface area contributed by atoms with Crippen LogP contribution in [0.1, 0.15) is 23.7 Å². The van der Waals surface area contributed by atoms with E-state index in [0.29, 0.717) is 28.0 Å². The monoisotopic (exact) mass is 483 g/mol. The van der Waals surface area contributed by atoms with Crippen LogP contribution in [0, 0.1) is 24.6 Å². The van der Waals surface area contributed by atoms with Gasteiger partial charge >= 0.3 is 0 Å². The van der Waals surface area contributed by atoms with Gasteiger partial charge in [0, 0.05) is 49.6 Å². The fourth-order valence-electron chi connectivity index (χ4n) is 4.30. The van der Waals surface area contributed by atoms with E-state index in [2.05, 4.69) is 37.4 Å². The summed E-state index contributed by atoms with van der Waals surface area (Å²) >= 11 is 0. The van der Waals surface area contributed by atoms with Crippen molar-refractivity contribution in [1.29, 1.82) is 0 Å². The number of pyridine rings is 2. The number of aryl methyl sites for hydroxylation is 1. The van der Waals surface area contributed by atoms with Crippen LogP contribution in [0.3, 0.4) is 0 Å². The molecule has 0 amide bonds. The number of anilines is 3. The predicted octanol–water partition coefficient (Wildman–Crippen LogP) is 3.21. The normalized spacial score (nSPS) is 13.4. The van der Waals surface area contributed by atoms with Gasteiger partial charge in [-0.3, -0.25) is 14.3 Å². The van der Waals surface area contributed by atoms with Crippen LogP contribution in [0.4, 0.5) is 21.7 Å². The quantitative estimate of drug-likeness (QED) is 0.422. The molecular formula is C27H26FN7O. The number of aromatic nitrogens is 4. The van der Waals surface area contributed by atoms with Crippen LogP contribution in [-0.4, -0.2) is 45.7 Å². The van der Waals surface area contributed by atoms with E-state index in [9.17, 15) is 9.18 Å². The van der Waals surface area contributed by atoms with Crippen molar-refractivity contribution in [2.45, 2.75) is 20.4 Å². The molecule has 0 radical (unpaired) electrons. The van der Waals surface area contributed by atoms with E-state index in [1.807, 2.05) is 24.0 Å². The highest BCUT2D eigenvalue weighted by Gasteiger charge is 2.16. The number of fused-ring (bicyclic) bond motifs is 1. The largest absolute Gasteiger partial charge is 0.367 e. The lowest BCUT2D eigenvalue weighted by Crippen LogP contribution is -2.43. The number of nitrogens with zero attached hydrogens (tertiary/aromatic N) is 5. The van der Waals surface area contributed by atoms with Gasteiger partial charge in [0.15, 0.2) is 0 Å². The van der Waals surface area contributed by atoms with Gasteiger partial charge < -0.3 is 15.5 Å². The zero-order chi connectivity index (χ0) is 25.1. The number of hydrogen-bond donors (Lipinski definition) is 2. The van der Waals surface area contributed by atoms with Crippen LogP contribution in [-0.2, 0) is 6.54 Å². The summed E-state index contributed by atoms with van der Waals surface area (Å²) in [5.41, 5.74) is 3.39. The molecule has 0 saturated carbocycles. The lowest BCUT2D eigenvalue weighted by molar-refractivity contribution is 0.566. The standard InChI is InChI=1S/C27H26FN7O/c1-3-5-19-14-20-16-31-27(32-21-7-8-24(22(28)15-21)34-12-10-29-11-13-34)33-25(20)35(26(19)36)17-23-18(2)6-4-9-30-23/h4,6-9,14-16,29H,10-13,17H2,1-2H3,(H,31,32,33). The van der Waals surface area contributed by atoms with E-state index in [0.717, 1.165) is 37.4 Å². The third-order valence-corrected chi connectivity index (χ3v) is 6.17. The van der Waals surface area contributed by atoms with Crippen molar-refractivity contribution in [3.63, 3.8) is 0 Å². The maximum atomic E-state index is 14.9. The molecule has 1 saturated heterocycles. The molecule has 8 nitrogen and oxygen atoms in total. The van der Waals surface area contributed by atoms with Gasteiger partial charge in [-0.05, 0) is 49.7 Å². The van der Waals surface area contributed by atoms with Crippen LogP contribution in [0.25, 0.3) is 11.0 Å². The maximum absolute atomic E-state index is 14.9. The first-order chi connectivity index (χ1) is 17.5. The fraction of sp³-hybridized carbons (Fsp3) is 0.259. The Labute approximate surface area is 208 Å². The number of nitrogens with one attached hydrogen (secondary N) is 2. The Kier molecular flexibility index (Phi) is 6.60. The number of benzene rings is 1. The van der Waals surface area contributed by atoms with Gasteiger partial charge in [0.1, 0.15) is 11.5 Å². The number of rotatable bonds is 5. The molecule has 1 fully saturated rings. The number of piperazine rings is 1. The molecule has 5 rings (SSSR count). The summed E-state index contributed by atoms with van der Waals surface area (Å²) in [6, 6.07) is 10.5. The molecule has 0 spiro atoms. The molecule has 3 aromatic heterocycles. The van der Waals surface area contributed by atoms with Crippen molar-refractivity contribution in [3.8, 4) is 11.8 Å². The molecule has 2 N–H and O–H groups in total. The van der Waals surface area contributed by atoms with Gasteiger partial charge in [-0.1, -0.05) is 12.0 Å². The van der Waals surface area contributed by atoms with Crippen LogP contribution in [0.2, 0.25) is 0 Å². The van der Waals surface area contributed by atoms with E-state index >= 15 is 0 Å². The SMILES string of the molecule is CC#Cc1cc2cnc(Nc3ccc(N4CCNCC4)c(F)c3)nc2n(Cc2ncccc2C)c1=O. The van der Waals surface area contributed by atoms with E-state index in [-0.39, 0.29) is 23.9 Å². The number of hydrogen-bond acceptors (Lipinski definition) is 7. The summed E-state index contributed by atoms with van der Waals surface area (Å²) < 4.78 is 16.5. The van der Waals surface area contributed by atoms with Crippen molar-refractivity contribution in [1.82, 2.24) is 24.8 Å². The minimum atomic E-state index is -0.312. The van der Waals surface area contributed by atoms with Crippen LogP contribution in [0.5, 0.6) is 0 Å². The number of halogens is 1. The first-order valence-corrected chi connectivity index (χ1v) is 11.8. The lowest BCUT2D eigenvalue weighted by atomic mass is 10.2. The summed E-state index contributed by atoms with van der Waals surface area (Å²) in [5.74, 6) is 5.62. The Hall–Kier alpha value is -4.29. The molecule has 4 aromatic rings. The molecule has 0 atom stereocenters. The molecule has 0 bridgehead atoms. The van der Waals surface area contributed by atoms with E-state index in [1.54, 1.807) is 42.1 Å². The Morgan fingerprint density at radius 1 is 1.17 bits per heavy atom. The second kappa shape index (κ2) is 10.1. The molecular weight excluding hydrogens is 457 g/mol. The third kappa shape index (κ3) is 4.76. The molecule has 0 unspecified atom stereocenters. The van der Waals surface area contributed by atoms with E-state index < -0.39 is 0 Å². The second-order valence-electron chi connectivity index (χ2n) is 8.59. The van der Waals surface area contributed by atoms with Crippen LogP contribution in [0.15, 0.2) is 53.6 Å². The Morgan fingerprint density at radius 3 is 2.75 bits per heavy atom. The zero-order valence-corrected chi connectivity index (χ0v) is 20.2. The second-order valence-corrected chi connectivity index (χ2v) is 8.59. The first-order valence-electron chi connectivity index (χ1n) is 11.8. The molecule has 1 aromatic carbocycles. The van der Waals surface area contributed by atoms with Crippen molar-refractivity contribution >= 4 is 28.4 Å². The van der Waals surface area contributed by atoms with Gasteiger partial charge in [-0.25, -0.2) is 9.37 Å². The minimum absolute atomic E-state index is 0.242. The lowest BCUT2D eigenvalue weighted by Gasteiger charge is -2.29. The van der Waals surface area contributed by atoms with Gasteiger partial charge in [-0.15, -0.1) is 5.92 Å². The van der Waals surface area contributed by atoms with Crippen LogP contribution < -0.4 is 21.1 Å². The molecule has 182 valence electrons. The highest BCUT2D eigenvalue weighted by atomic mass is 19.1. The molecule has 4 heterocycles. The smallest absolute Gasteiger partial charge is 0.268 e. The molecule has 36 heavy (non-hydrogen) atoms. The van der Waals surface area contributed by atoms with Crippen molar-refractivity contribution < 1.29 is 4.39 Å². The Morgan fingerprint density at radius 2 is 2.00 bits per heavy atom. The summed E-state index contributed by atoms with van der Waals surface area (Å²) in [6.07, 6.45) is 3.34. The first kappa shape index (κ1) is 23.5. The van der Waals surface area contributed by atoms with Crippen LogP contribution >= 0.6 is 0 Å². The summed E-state index contributed by atoms with van der Waals surface area (Å²) in [7, 11) is 0. The van der Waals surface area contributed by atoms with Gasteiger partial charge in [-0.2, -0.15) is 4.98 Å². The predicted molar refractivity (Wildman–Crippen MR) is 139 cm³/mol. The minimum Gasteiger partial charge on any atom is -0.367 e. The highest BCUT2D eigenvalue weighted by Crippen LogP contribution is 2.25. The molecule has 1 aliphatic rings. The average molecular weight is 484 g/mol. The fourth-order valence-corrected chi connectivity index (χ4v) is 4.30. The molecule has 1 aliphatic heterocycles. The highest BCUT2D eigenvalue weighted by molar-refractivity contribution is 5.77. The Bertz CT molecular complexity index is 1550. The summed E-state index contributed by atoms with van der Waals surface area (Å²) in [6.45, 7) is 7.06. The van der Waals surface area contributed by atoms with Crippen molar-refractivity contribution in [2.75, 3.05) is 36.4 Å². The van der Waals surface area contributed by atoms with E-state index in [4.69, 9.17) is 0 Å². The van der Waals surface area contributed by atoms with Gasteiger partial charge in [0.25, 0.3) is 5.56 Å². The zero-order valence-electron chi connectivity index (χ0n) is 20.2. The molecule has 9 heteroatoms. The van der Waals surface area contributed by atoms with Crippen molar-refractivity contribution in [2.24, 2.45) is 0 Å². The topological polar surface area (TPSA) is 88.0 Å². The van der Waals surface area contributed by atoms with Crippen molar-refractivity contribution in [3.05, 3.63) is 81.8 Å². The average Bonchev–Trinajstić information content (AvgIpc) is 2.88. The van der Waals surface area contributed by atoms with Gasteiger partial charge in [0.05, 0.1) is 23.5 Å². The maximum Gasteiger partial charge on any atom is 0.268 e. The third-order valence-electron chi connectivity index (χ3n) is 6.17. The summed E-state index contributed by atoms with van der Waals surface area (Å²) in [5, 5.41) is 7.02. The Balaban J connectivity index is 1.51. The molecule has 0 aliphatic carbocycles. The van der Waals surface area contributed by atoms with Gasteiger partial charge in [0.2, 0.25) is 5.95 Å². The summed E-state index contributed by atoms with van der Waals surface area (Å²) in [4.78, 5) is 28.8.